The van der Waals surface area contributed by atoms with E-state index >= 15 is 0 Å². The Labute approximate surface area is 77.6 Å². The first-order valence-electron chi connectivity index (χ1n) is 2.96. The first-order valence-corrected chi connectivity index (χ1v) is 4.60. The number of thiazole rings is 1. The van der Waals surface area contributed by atoms with Crippen LogP contribution in [0.3, 0.4) is 0 Å². The Kier molecular flexibility index (Phi) is 1.75. The van der Waals surface area contributed by atoms with Gasteiger partial charge in [-0.3, -0.25) is 0 Å². The summed E-state index contributed by atoms with van der Waals surface area (Å²) in [6.07, 6.45) is 0. The van der Waals surface area contributed by atoms with Crippen molar-refractivity contribution in [3.8, 4) is 0 Å². The maximum Gasteiger partial charge on any atom is 0.101 e. The molecular formula is C7H3Cl2NS. The zero-order valence-corrected chi connectivity index (χ0v) is 7.67. The van der Waals surface area contributed by atoms with Crippen LogP contribution in [0.25, 0.3) is 10.2 Å². The molecule has 1 aromatic heterocycles. The Balaban J connectivity index is 2.93. The van der Waals surface area contributed by atoms with E-state index in [0.29, 0.717) is 10.0 Å². The molecule has 0 spiro atoms. The fourth-order valence-corrected chi connectivity index (χ4v) is 1.98. The number of benzene rings is 1. The second-order valence-corrected chi connectivity index (χ2v) is 3.73. The van der Waals surface area contributed by atoms with Gasteiger partial charge in [0.25, 0.3) is 0 Å². The molecule has 0 N–H and O–H groups in total. The van der Waals surface area contributed by atoms with Crippen molar-refractivity contribution >= 4 is 44.8 Å². The normalized spacial score (nSPS) is 10.7. The van der Waals surface area contributed by atoms with Crippen LogP contribution in [-0.2, 0) is 0 Å². The Hall–Kier alpha value is -0.310. The van der Waals surface area contributed by atoms with Crippen molar-refractivity contribution in [1.29, 1.82) is 0 Å². The van der Waals surface area contributed by atoms with Crippen molar-refractivity contribution in [2.24, 2.45) is 0 Å². The topological polar surface area (TPSA) is 12.9 Å². The minimum atomic E-state index is 0.547. The average Bonchev–Trinajstić information content (AvgIpc) is 2.45. The molecule has 0 aliphatic heterocycles. The van der Waals surface area contributed by atoms with Crippen LogP contribution in [0.2, 0.25) is 10.0 Å². The molecule has 0 fully saturated rings. The first-order chi connectivity index (χ1) is 5.29. The second kappa shape index (κ2) is 2.63. The summed E-state index contributed by atoms with van der Waals surface area (Å²) < 4.78 is 1.07. The molecule has 11 heavy (non-hydrogen) atoms. The Bertz CT molecular complexity index is 396. The van der Waals surface area contributed by atoms with Crippen LogP contribution in [0.4, 0.5) is 0 Å². The number of rotatable bonds is 0. The SMILES string of the molecule is Clc1ccc2scnc2c1Cl. The molecule has 2 aromatic rings. The van der Waals surface area contributed by atoms with Crippen LogP contribution in [0.5, 0.6) is 0 Å². The van der Waals surface area contributed by atoms with Gasteiger partial charge in [-0.1, -0.05) is 23.2 Å². The van der Waals surface area contributed by atoms with Crippen LogP contribution in [0.1, 0.15) is 0 Å². The van der Waals surface area contributed by atoms with Gasteiger partial charge in [0.05, 0.1) is 20.3 Å². The molecule has 0 aliphatic rings. The van der Waals surface area contributed by atoms with Gasteiger partial charge >= 0.3 is 0 Å². The Morgan fingerprint density at radius 1 is 1.27 bits per heavy atom. The van der Waals surface area contributed by atoms with E-state index in [4.69, 9.17) is 23.2 Å². The maximum absolute atomic E-state index is 5.88. The summed E-state index contributed by atoms with van der Waals surface area (Å²) in [5.74, 6) is 0. The van der Waals surface area contributed by atoms with Crippen molar-refractivity contribution < 1.29 is 0 Å². The van der Waals surface area contributed by atoms with E-state index in [9.17, 15) is 0 Å². The van der Waals surface area contributed by atoms with Gasteiger partial charge in [0.1, 0.15) is 5.52 Å². The number of aromatic nitrogens is 1. The van der Waals surface area contributed by atoms with E-state index in [0.717, 1.165) is 10.2 Å². The van der Waals surface area contributed by atoms with Gasteiger partial charge in [-0.25, -0.2) is 4.98 Å². The van der Waals surface area contributed by atoms with Crippen LogP contribution in [-0.4, -0.2) is 4.98 Å². The third kappa shape index (κ3) is 1.11. The van der Waals surface area contributed by atoms with Crippen molar-refractivity contribution in [2.75, 3.05) is 0 Å². The molecule has 1 nitrogen and oxygen atoms in total. The van der Waals surface area contributed by atoms with Gasteiger partial charge in [0.15, 0.2) is 0 Å². The van der Waals surface area contributed by atoms with Crippen LogP contribution in [0.15, 0.2) is 17.6 Å². The molecule has 0 amide bonds. The number of halogens is 2. The van der Waals surface area contributed by atoms with E-state index in [2.05, 4.69) is 4.98 Å². The van der Waals surface area contributed by atoms with E-state index in [1.54, 1.807) is 22.9 Å². The molecule has 0 saturated heterocycles. The van der Waals surface area contributed by atoms with E-state index in [-0.39, 0.29) is 0 Å². The fourth-order valence-electron chi connectivity index (χ4n) is 0.873. The second-order valence-electron chi connectivity index (χ2n) is 2.06. The lowest BCUT2D eigenvalue weighted by Gasteiger charge is -1.93. The Morgan fingerprint density at radius 3 is 2.91 bits per heavy atom. The molecule has 0 aliphatic carbocycles. The number of fused-ring (bicyclic) bond motifs is 1. The van der Waals surface area contributed by atoms with E-state index < -0.39 is 0 Å². The molecule has 2 rings (SSSR count). The van der Waals surface area contributed by atoms with Gasteiger partial charge in [0.2, 0.25) is 0 Å². The quantitative estimate of drug-likeness (QED) is 0.638. The minimum Gasteiger partial charge on any atom is -0.243 e. The zero-order valence-electron chi connectivity index (χ0n) is 5.34. The lowest BCUT2D eigenvalue weighted by Crippen LogP contribution is -1.71. The van der Waals surface area contributed by atoms with Gasteiger partial charge in [-0.2, -0.15) is 0 Å². The molecule has 1 heterocycles. The molecule has 0 bridgehead atoms. The van der Waals surface area contributed by atoms with Crippen LogP contribution in [0, 0.1) is 0 Å². The predicted octanol–water partition coefficient (Wildman–Crippen LogP) is 3.60. The number of hydrogen-bond donors (Lipinski definition) is 0. The molecule has 0 saturated carbocycles. The monoisotopic (exact) mass is 203 g/mol. The first kappa shape index (κ1) is 7.35. The molecule has 1 aromatic carbocycles. The third-order valence-electron chi connectivity index (χ3n) is 1.39. The van der Waals surface area contributed by atoms with Gasteiger partial charge in [0, 0.05) is 0 Å². The van der Waals surface area contributed by atoms with Crippen molar-refractivity contribution in [1.82, 2.24) is 4.98 Å². The highest BCUT2D eigenvalue weighted by Crippen LogP contribution is 2.31. The number of hydrogen-bond acceptors (Lipinski definition) is 2. The summed E-state index contributed by atoms with van der Waals surface area (Å²) in [7, 11) is 0. The highest BCUT2D eigenvalue weighted by atomic mass is 35.5. The fraction of sp³-hybridized carbons (Fsp3) is 0. The van der Waals surface area contributed by atoms with Crippen molar-refractivity contribution in [2.45, 2.75) is 0 Å². The average molecular weight is 204 g/mol. The van der Waals surface area contributed by atoms with Crippen LogP contribution >= 0.6 is 34.5 Å². The molecule has 0 atom stereocenters. The third-order valence-corrected chi connectivity index (χ3v) is 2.98. The largest absolute Gasteiger partial charge is 0.243 e. The lowest BCUT2D eigenvalue weighted by atomic mass is 10.3. The van der Waals surface area contributed by atoms with E-state index in [1.807, 2.05) is 6.07 Å². The number of nitrogens with zero attached hydrogens (tertiary/aromatic N) is 1. The van der Waals surface area contributed by atoms with Crippen molar-refractivity contribution in [3.63, 3.8) is 0 Å². The lowest BCUT2D eigenvalue weighted by molar-refractivity contribution is 1.50. The molecule has 4 heteroatoms. The highest BCUT2D eigenvalue weighted by Gasteiger charge is 2.04. The van der Waals surface area contributed by atoms with Crippen molar-refractivity contribution in [3.05, 3.63) is 27.7 Å². The summed E-state index contributed by atoms with van der Waals surface area (Å²) in [6.45, 7) is 0. The minimum absolute atomic E-state index is 0.547. The molecular weight excluding hydrogens is 201 g/mol. The smallest absolute Gasteiger partial charge is 0.101 e. The summed E-state index contributed by atoms with van der Waals surface area (Å²) in [4.78, 5) is 4.08. The summed E-state index contributed by atoms with van der Waals surface area (Å²) in [6, 6.07) is 3.70. The zero-order chi connectivity index (χ0) is 7.84. The summed E-state index contributed by atoms with van der Waals surface area (Å²) >= 11 is 13.2. The maximum atomic E-state index is 5.88. The van der Waals surface area contributed by atoms with Gasteiger partial charge in [-0.15, -0.1) is 11.3 Å². The predicted molar refractivity (Wildman–Crippen MR) is 49.6 cm³/mol. The Morgan fingerprint density at radius 2 is 2.09 bits per heavy atom. The van der Waals surface area contributed by atoms with Gasteiger partial charge in [-0.05, 0) is 12.1 Å². The van der Waals surface area contributed by atoms with Crippen LogP contribution < -0.4 is 0 Å². The highest BCUT2D eigenvalue weighted by molar-refractivity contribution is 7.16. The van der Waals surface area contributed by atoms with E-state index in [1.165, 1.54) is 0 Å². The summed E-state index contributed by atoms with van der Waals surface area (Å²) in [5.41, 5.74) is 2.55. The molecule has 56 valence electrons. The summed E-state index contributed by atoms with van der Waals surface area (Å²) in [5, 5.41) is 1.11. The standard InChI is InChI=1S/C7H3Cl2NS/c8-4-1-2-5-7(6(4)9)10-3-11-5/h1-3H. The van der Waals surface area contributed by atoms with Gasteiger partial charge < -0.3 is 0 Å². The molecule has 0 radical (unpaired) electrons. The molecule has 0 unspecified atom stereocenters.